The van der Waals surface area contributed by atoms with Gasteiger partial charge in [-0.25, -0.2) is 4.21 Å². The Morgan fingerprint density at radius 1 is 1.40 bits per heavy atom. The highest BCUT2D eigenvalue weighted by atomic mass is 32.2. The third-order valence-electron chi connectivity index (χ3n) is 1.40. The topological polar surface area (TPSA) is 91.0 Å². The minimum Gasteiger partial charge on any atom is -0.425 e. The van der Waals surface area contributed by atoms with Gasteiger partial charge in [0.1, 0.15) is 5.75 Å². The van der Waals surface area contributed by atoms with Crippen molar-refractivity contribution in [2.45, 2.75) is 4.90 Å². The molecule has 1 atom stereocenters. The molecule has 0 saturated heterocycles. The predicted molar refractivity (Wildman–Crippen MR) is 51.6 cm³/mol. The van der Waals surface area contributed by atoms with Crippen LogP contribution in [0.5, 0.6) is 5.75 Å². The van der Waals surface area contributed by atoms with Crippen LogP contribution in [0.25, 0.3) is 0 Å². The van der Waals surface area contributed by atoms with Gasteiger partial charge in [0.2, 0.25) is 0 Å². The van der Waals surface area contributed by atoms with Gasteiger partial charge < -0.3 is 9.29 Å². The van der Waals surface area contributed by atoms with Crippen LogP contribution >= 0.6 is 0 Å². The normalized spacial score (nSPS) is 11.9. The van der Waals surface area contributed by atoms with E-state index in [-0.39, 0.29) is 10.8 Å². The first-order valence-corrected chi connectivity index (χ1v) is 4.85. The third-order valence-corrected chi connectivity index (χ3v) is 2.07. The summed E-state index contributed by atoms with van der Waals surface area (Å²) in [5, 5.41) is 0. The summed E-state index contributed by atoms with van der Waals surface area (Å²) in [5.41, 5.74) is 0. The van der Waals surface area contributed by atoms with Crippen molar-refractivity contribution in [3.63, 3.8) is 0 Å². The smallest absolute Gasteiger partial charge is 0.317 e. The molecule has 15 heavy (non-hydrogen) atoms. The Morgan fingerprint density at radius 3 is 2.47 bits per heavy atom. The van der Waals surface area contributed by atoms with E-state index in [1.54, 1.807) is 0 Å². The van der Waals surface area contributed by atoms with Gasteiger partial charge in [0, 0.05) is 0 Å². The average Bonchev–Trinajstić information content (AvgIpc) is 2.18. The Kier molecular flexibility index (Phi) is 4.25. The molecular formula is C8H9NO5S. The molecule has 1 rings (SSSR count). The van der Waals surface area contributed by atoms with Crippen molar-refractivity contribution < 1.29 is 23.4 Å². The van der Waals surface area contributed by atoms with Crippen molar-refractivity contribution in [3.05, 3.63) is 36.8 Å². The van der Waals surface area contributed by atoms with E-state index in [4.69, 9.17) is 9.29 Å². The quantitative estimate of drug-likeness (QED) is 0.339. The SMILES string of the molecule is C=C(OON)Oc1ccc(S(=O)O)cc1. The van der Waals surface area contributed by atoms with Gasteiger partial charge in [-0.15, -0.1) is 0 Å². The second-order valence-electron chi connectivity index (χ2n) is 2.37. The van der Waals surface area contributed by atoms with Crippen LogP contribution in [0.4, 0.5) is 0 Å². The summed E-state index contributed by atoms with van der Waals surface area (Å²) in [6.07, 6.45) is 0. The van der Waals surface area contributed by atoms with Crippen LogP contribution in [0.1, 0.15) is 0 Å². The van der Waals surface area contributed by atoms with Crippen molar-refractivity contribution in [1.29, 1.82) is 0 Å². The molecule has 0 aromatic heterocycles. The molecule has 1 aromatic carbocycles. The molecule has 82 valence electrons. The molecule has 0 aliphatic heterocycles. The van der Waals surface area contributed by atoms with E-state index in [1.165, 1.54) is 24.3 Å². The fraction of sp³-hybridized carbons (Fsp3) is 0. The van der Waals surface area contributed by atoms with Gasteiger partial charge in [-0.1, -0.05) is 4.99 Å². The van der Waals surface area contributed by atoms with E-state index < -0.39 is 11.1 Å². The zero-order valence-corrected chi connectivity index (χ0v) is 8.40. The fourth-order valence-corrected chi connectivity index (χ4v) is 1.20. The molecule has 0 aliphatic rings. The molecule has 0 fully saturated rings. The number of ether oxygens (including phenoxy) is 1. The van der Waals surface area contributed by atoms with Gasteiger partial charge in [0.15, 0.2) is 11.1 Å². The summed E-state index contributed by atoms with van der Waals surface area (Å²) in [5.74, 6) is 4.85. The second-order valence-corrected chi connectivity index (χ2v) is 3.34. The van der Waals surface area contributed by atoms with Crippen LogP contribution in [-0.2, 0) is 21.0 Å². The Balaban J connectivity index is 2.64. The number of hydrogen-bond donors (Lipinski definition) is 2. The van der Waals surface area contributed by atoms with E-state index in [0.29, 0.717) is 5.75 Å². The molecule has 1 unspecified atom stereocenters. The summed E-state index contributed by atoms with van der Waals surface area (Å²) in [7, 11) is 0. The summed E-state index contributed by atoms with van der Waals surface area (Å²) in [6, 6.07) is 5.83. The van der Waals surface area contributed by atoms with Gasteiger partial charge in [0.25, 0.3) is 0 Å². The molecule has 6 nitrogen and oxygen atoms in total. The first-order valence-electron chi connectivity index (χ1n) is 3.74. The molecule has 0 spiro atoms. The van der Waals surface area contributed by atoms with Gasteiger partial charge in [0.05, 0.1) is 4.90 Å². The Hall–Kier alpha value is -1.41. The van der Waals surface area contributed by atoms with E-state index in [0.717, 1.165) is 0 Å². The Labute approximate surface area is 88.4 Å². The molecule has 1 aromatic rings. The van der Waals surface area contributed by atoms with Crippen molar-refractivity contribution in [3.8, 4) is 5.75 Å². The lowest BCUT2D eigenvalue weighted by Gasteiger charge is -2.06. The Bertz CT molecular complexity index is 364. The minimum absolute atomic E-state index is 0.143. The highest BCUT2D eigenvalue weighted by molar-refractivity contribution is 7.79. The molecule has 0 bridgehead atoms. The van der Waals surface area contributed by atoms with Crippen LogP contribution in [0.2, 0.25) is 0 Å². The summed E-state index contributed by atoms with van der Waals surface area (Å²) in [4.78, 5) is 8.37. The van der Waals surface area contributed by atoms with E-state index in [2.05, 4.69) is 22.4 Å². The van der Waals surface area contributed by atoms with Gasteiger partial charge in [-0.05, 0) is 30.8 Å². The van der Waals surface area contributed by atoms with E-state index >= 15 is 0 Å². The molecule has 0 saturated carbocycles. The van der Waals surface area contributed by atoms with Crippen molar-refractivity contribution in [2.24, 2.45) is 5.90 Å². The highest BCUT2D eigenvalue weighted by Crippen LogP contribution is 2.16. The maximum absolute atomic E-state index is 10.6. The van der Waals surface area contributed by atoms with Crippen LogP contribution in [0.3, 0.4) is 0 Å². The van der Waals surface area contributed by atoms with Gasteiger partial charge in [-0.3, -0.25) is 4.89 Å². The average molecular weight is 231 g/mol. The van der Waals surface area contributed by atoms with E-state index in [1.807, 2.05) is 0 Å². The van der Waals surface area contributed by atoms with Crippen LogP contribution in [-0.4, -0.2) is 8.76 Å². The Morgan fingerprint density at radius 2 is 2.00 bits per heavy atom. The lowest BCUT2D eigenvalue weighted by molar-refractivity contribution is -0.287. The monoisotopic (exact) mass is 231 g/mol. The molecule has 0 amide bonds. The molecule has 0 radical (unpaired) electrons. The van der Waals surface area contributed by atoms with Crippen molar-refractivity contribution in [1.82, 2.24) is 0 Å². The lowest BCUT2D eigenvalue weighted by atomic mass is 10.3. The number of rotatable bonds is 5. The summed E-state index contributed by atoms with van der Waals surface area (Å²) < 4.78 is 24.3. The molecule has 3 N–H and O–H groups in total. The minimum atomic E-state index is -2.01. The zero-order valence-electron chi connectivity index (χ0n) is 7.58. The molecule has 0 aliphatic carbocycles. The number of benzene rings is 1. The zero-order chi connectivity index (χ0) is 11.3. The number of hydrogen-bond acceptors (Lipinski definition) is 5. The first-order chi connectivity index (χ1) is 7.13. The highest BCUT2D eigenvalue weighted by Gasteiger charge is 2.02. The lowest BCUT2D eigenvalue weighted by Crippen LogP contribution is -2.04. The maximum atomic E-state index is 10.6. The van der Waals surface area contributed by atoms with Gasteiger partial charge >= 0.3 is 5.95 Å². The molecular weight excluding hydrogens is 222 g/mol. The molecule has 7 heteroatoms. The fourth-order valence-electron chi connectivity index (χ4n) is 0.826. The van der Waals surface area contributed by atoms with Crippen LogP contribution < -0.4 is 10.6 Å². The van der Waals surface area contributed by atoms with Gasteiger partial charge in [-0.2, -0.15) is 5.90 Å². The second kappa shape index (κ2) is 5.47. The van der Waals surface area contributed by atoms with Crippen LogP contribution in [0, 0.1) is 0 Å². The third kappa shape index (κ3) is 3.68. The van der Waals surface area contributed by atoms with Crippen LogP contribution in [0.15, 0.2) is 41.7 Å². The number of nitrogens with two attached hydrogens (primary N) is 1. The van der Waals surface area contributed by atoms with Crippen molar-refractivity contribution >= 4 is 11.1 Å². The van der Waals surface area contributed by atoms with E-state index in [9.17, 15) is 4.21 Å². The molecule has 0 heterocycles. The maximum Gasteiger partial charge on any atom is 0.317 e. The largest absolute Gasteiger partial charge is 0.425 e. The predicted octanol–water partition coefficient (Wildman–Crippen LogP) is 0.939. The standard InChI is InChI=1S/C8H9NO5S/c1-6(13-14-9)12-7-2-4-8(5-3-7)15(10)11/h2-5H,1,9H2,(H,10,11). The first kappa shape index (κ1) is 11.7. The summed E-state index contributed by atoms with van der Waals surface area (Å²) in [6.45, 7) is 3.34. The van der Waals surface area contributed by atoms with Crippen molar-refractivity contribution in [2.75, 3.05) is 0 Å². The summed E-state index contributed by atoms with van der Waals surface area (Å²) >= 11 is -2.01.